The Hall–Kier alpha value is -2.93. The number of oxazole rings is 1. The lowest BCUT2D eigenvalue weighted by Gasteiger charge is -1.99. The van der Waals surface area contributed by atoms with Gasteiger partial charge in [0.1, 0.15) is 11.1 Å². The Morgan fingerprint density at radius 2 is 1.72 bits per heavy atom. The Kier molecular flexibility index (Phi) is 3.47. The van der Waals surface area contributed by atoms with E-state index in [0.29, 0.717) is 33.2 Å². The van der Waals surface area contributed by atoms with E-state index in [0.717, 1.165) is 0 Å². The molecule has 2 aromatic heterocycles. The number of aryl methyl sites for hydroxylation is 1. The summed E-state index contributed by atoms with van der Waals surface area (Å²) < 4.78 is 35.9. The zero-order valence-corrected chi connectivity index (χ0v) is 14.0. The minimum Gasteiger partial charge on any atom is -0.428 e. The van der Waals surface area contributed by atoms with Gasteiger partial charge in [-0.25, -0.2) is 13.2 Å². The van der Waals surface area contributed by atoms with Gasteiger partial charge in [0.2, 0.25) is 9.84 Å². The van der Waals surface area contributed by atoms with Crippen LogP contribution in [0, 0.1) is 6.92 Å². The molecule has 0 aliphatic carbocycles. The van der Waals surface area contributed by atoms with Gasteiger partial charge in [0.05, 0.1) is 11.1 Å². The molecule has 0 radical (unpaired) electrons. The molecule has 4 rings (SSSR count). The summed E-state index contributed by atoms with van der Waals surface area (Å²) in [7, 11) is -3.73. The topological polar surface area (TPSA) is 90.4 Å². The molecule has 0 amide bonds. The Labute approximate surface area is 142 Å². The van der Waals surface area contributed by atoms with Crippen molar-refractivity contribution in [2.24, 2.45) is 0 Å². The highest BCUT2D eigenvalue weighted by Gasteiger charge is 2.24. The summed E-state index contributed by atoms with van der Waals surface area (Å²) in [5.41, 5.74) is 1.87. The van der Waals surface area contributed by atoms with Crippen LogP contribution < -0.4 is 5.63 Å². The Bertz CT molecular complexity index is 1250. The van der Waals surface area contributed by atoms with Gasteiger partial charge >= 0.3 is 10.8 Å². The molecule has 0 bridgehead atoms. The van der Waals surface area contributed by atoms with E-state index in [2.05, 4.69) is 4.98 Å². The quantitative estimate of drug-likeness (QED) is 0.524. The Balaban J connectivity index is 1.89. The van der Waals surface area contributed by atoms with Crippen LogP contribution in [0.25, 0.3) is 22.1 Å². The fourth-order valence-electron chi connectivity index (χ4n) is 2.80. The lowest BCUT2D eigenvalue weighted by Crippen LogP contribution is -2.05. The second kappa shape index (κ2) is 5.56. The van der Waals surface area contributed by atoms with Gasteiger partial charge in [-0.3, -0.25) is 0 Å². The molecule has 4 aromatic rings. The molecule has 2 aromatic carbocycles. The number of fused-ring (bicyclic) bond motifs is 3. The molecule has 126 valence electrons. The van der Waals surface area contributed by atoms with Crippen LogP contribution >= 0.6 is 0 Å². The average molecular weight is 355 g/mol. The van der Waals surface area contributed by atoms with Crippen molar-refractivity contribution in [1.29, 1.82) is 0 Å². The third-order valence-electron chi connectivity index (χ3n) is 3.91. The first kappa shape index (κ1) is 15.6. The van der Waals surface area contributed by atoms with Crippen molar-refractivity contribution in [1.82, 2.24) is 4.98 Å². The van der Waals surface area contributed by atoms with Gasteiger partial charge in [0, 0.05) is 6.07 Å². The molecule has 0 N–H and O–H groups in total. The van der Waals surface area contributed by atoms with E-state index in [-0.39, 0.29) is 11.0 Å². The summed E-state index contributed by atoms with van der Waals surface area (Å²) in [4.78, 5) is 15.7. The van der Waals surface area contributed by atoms with Crippen molar-refractivity contribution in [3.8, 4) is 0 Å². The second-order valence-electron chi connectivity index (χ2n) is 5.76. The minimum absolute atomic E-state index is 0.202. The highest BCUT2D eigenvalue weighted by atomic mass is 32.2. The SMILES string of the molecule is Cc1cc(=O)oc2ccc3oc(S(=O)(=O)Cc4ccccc4)nc3c12. The predicted octanol–water partition coefficient (Wildman–Crippen LogP) is 3.22. The summed E-state index contributed by atoms with van der Waals surface area (Å²) in [6.07, 6.45) is 0. The van der Waals surface area contributed by atoms with Crippen molar-refractivity contribution < 1.29 is 17.3 Å². The molecule has 0 aliphatic heterocycles. The van der Waals surface area contributed by atoms with Crippen LogP contribution in [0.1, 0.15) is 11.1 Å². The van der Waals surface area contributed by atoms with E-state index in [9.17, 15) is 13.2 Å². The lowest BCUT2D eigenvalue weighted by molar-refractivity contribution is 0.458. The third kappa shape index (κ3) is 2.72. The fourth-order valence-corrected chi connectivity index (χ4v) is 4.00. The van der Waals surface area contributed by atoms with Gasteiger partial charge in [-0.15, -0.1) is 0 Å². The molecule has 7 heteroatoms. The molecule has 0 saturated carbocycles. The van der Waals surface area contributed by atoms with E-state index in [4.69, 9.17) is 8.83 Å². The maximum absolute atomic E-state index is 12.6. The number of hydrogen-bond acceptors (Lipinski definition) is 6. The van der Waals surface area contributed by atoms with Gasteiger partial charge in [-0.1, -0.05) is 30.3 Å². The number of aromatic nitrogens is 1. The highest BCUT2D eigenvalue weighted by Crippen LogP contribution is 2.29. The molecule has 0 saturated heterocycles. The van der Waals surface area contributed by atoms with E-state index in [1.165, 1.54) is 6.07 Å². The molecule has 0 fully saturated rings. The fraction of sp³-hybridized carbons (Fsp3) is 0.111. The van der Waals surface area contributed by atoms with Crippen LogP contribution in [-0.2, 0) is 15.6 Å². The molecular formula is C18H13NO5S. The largest absolute Gasteiger partial charge is 0.428 e. The van der Waals surface area contributed by atoms with E-state index >= 15 is 0 Å². The number of hydrogen-bond donors (Lipinski definition) is 0. The van der Waals surface area contributed by atoms with Gasteiger partial charge in [-0.2, -0.15) is 4.98 Å². The number of rotatable bonds is 3. The van der Waals surface area contributed by atoms with E-state index < -0.39 is 15.5 Å². The maximum Gasteiger partial charge on any atom is 0.336 e. The predicted molar refractivity (Wildman–Crippen MR) is 92.1 cm³/mol. The summed E-state index contributed by atoms with van der Waals surface area (Å²) in [5.74, 6) is -0.202. The summed E-state index contributed by atoms with van der Waals surface area (Å²) in [6, 6.07) is 13.3. The molecule has 6 nitrogen and oxygen atoms in total. The molecule has 25 heavy (non-hydrogen) atoms. The van der Waals surface area contributed by atoms with Crippen LogP contribution in [0.3, 0.4) is 0 Å². The van der Waals surface area contributed by atoms with Gasteiger partial charge in [0.25, 0.3) is 0 Å². The smallest absolute Gasteiger partial charge is 0.336 e. The van der Waals surface area contributed by atoms with Crippen molar-refractivity contribution in [3.05, 3.63) is 70.1 Å². The Morgan fingerprint density at radius 3 is 2.48 bits per heavy atom. The van der Waals surface area contributed by atoms with Crippen molar-refractivity contribution in [2.45, 2.75) is 17.9 Å². The normalized spacial score (nSPS) is 12.0. The number of nitrogens with zero attached hydrogens (tertiary/aromatic N) is 1. The zero-order valence-electron chi connectivity index (χ0n) is 13.2. The molecular weight excluding hydrogens is 342 g/mol. The van der Waals surface area contributed by atoms with E-state index in [1.807, 2.05) is 6.07 Å². The standard InChI is InChI=1S/C18H13NO5S/c1-11-9-15(20)23-13-7-8-14-17(16(11)13)19-18(24-14)25(21,22)10-12-5-3-2-4-6-12/h2-9H,10H2,1H3. The van der Waals surface area contributed by atoms with Crippen LogP contribution in [0.5, 0.6) is 0 Å². The molecule has 0 spiro atoms. The average Bonchev–Trinajstić information content (AvgIpc) is 3.00. The van der Waals surface area contributed by atoms with Crippen LogP contribution in [0.2, 0.25) is 0 Å². The third-order valence-corrected chi connectivity index (χ3v) is 5.33. The zero-order chi connectivity index (χ0) is 17.6. The van der Waals surface area contributed by atoms with Crippen LogP contribution in [0.4, 0.5) is 0 Å². The minimum atomic E-state index is -3.73. The summed E-state index contributed by atoms with van der Waals surface area (Å²) in [6.45, 7) is 1.74. The van der Waals surface area contributed by atoms with Gasteiger partial charge in [0.15, 0.2) is 5.58 Å². The maximum atomic E-state index is 12.6. The van der Waals surface area contributed by atoms with Gasteiger partial charge in [-0.05, 0) is 30.2 Å². The first-order valence-electron chi connectivity index (χ1n) is 7.55. The first-order chi connectivity index (χ1) is 11.9. The molecule has 0 unspecified atom stereocenters. The van der Waals surface area contributed by atoms with Crippen molar-refractivity contribution in [3.63, 3.8) is 0 Å². The second-order valence-corrected chi connectivity index (χ2v) is 7.63. The highest BCUT2D eigenvalue weighted by molar-refractivity contribution is 7.90. The summed E-state index contributed by atoms with van der Waals surface area (Å²) >= 11 is 0. The van der Waals surface area contributed by atoms with Crippen molar-refractivity contribution >= 4 is 31.9 Å². The number of benzene rings is 2. The van der Waals surface area contributed by atoms with Crippen LogP contribution in [0.15, 0.2) is 67.4 Å². The van der Waals surface area contributed by atoms with Gasteiger partial charge < -0.3 is 8.83 Å². The monoisotopic (exact) mass is 355 g/mol. The van der Waals surface area contributed by atoms with Crippen LogP contribution in [-0.4, -0.2) is 13.4 Å². The van der Waals surface area contributed by atoms with E-state index in [1.54, 1.807) is 43.3 Å². The molecule has 2 heterocycles. The Morgan fingerprint density at radius 1 is 1.00 bits per heavy atom. The number of sulfone groups is 1. The van der Waals surface area contributed by atoms with Crippen molar-refractivity contribution in [2.75, 3.05) is 0 Å². The molecule has 0 aliphatic rings. The summed E-state index contributed by atoms with van der Waals surface area (Å²) in [5, 5.41) is 0.228. The molecule has 0 atom stereocenters. The lowest BCUT2D eigenvalue weighted by atomic mass is 10.1. The first-order valence-corrected chi connectivity index (χ1v) is 9.20.